The molecule has 1 aromatic heterocycles. The Hall–Kier alpha value is -2.40. The second-order valence-corrected chi connectivity index (χ2v) is 3.77. The molecule has 1 N–H and O–H groups in total. The maximum absolute atomic E-state index is 11.9. The summed E-state index contributed by atoms with van der Waals surface area (Å²) in [4.78, 5) is 27.1. The van der Waals surface area contributed by atoms with Crippen LogP contribution in [0.25, 0.3) is 0 Å². The molecule has 0 aliphatic rings. The van der Waals surface area contributed by atoms with Crippen LogP contribution in [0, 0.1) is 0 Å². The van der Waals surface area contributed by atoms with Crippen LogP contribution in [0.4, 0.5) is 5.69 Å². The van der Waals surface area contributed by atoms with E-state index >= 15 is 0 Å². The molecule has 2 aromatic rings. The lowest BCUT2D eigenvalue weighted by molar-refractivity contribution is -0.0000258. The van der Waals surface area contributed by atoms with Crippen molar-refractivity contribution >= 4 is 17.6 Å². The standard InChI is InChI=1S/C14H12N2O3.ClH/c1-19-14(18)10-4-2-6-12(8-10)16-13(17)11-5-3-7-15-9-11;/h2-9H,1H3,(H,16,17);1H/p-1. The second kappa shape index (κ2) is 7.25. The fraction of sp³-hybridized carbons (Fsp3) is 0.0714. The van der Waals surface area contributed by atoms with E-state index in [1.807, 2.05) is 0 Å². The first-order valence-electron chi connectivity index (χ1n) is 5.60. The van der Waals surface area contributed by atoms with Gasteiger partial charge in [0.15, 0.2) is 0 Å². The summed E-state index contributed by atoms with van der Waals surface area (Å²) < 4.78 is 4.62. The molecular weight excluding hydrogens is 280 g/mol. The number of hydrogen-bond donors (Lipinski definition) is 1. The fourth-order valence-electron chi connectivity index (χ4n) is 1.54. The molecule has 1 amide bonds. The zero-order chi connectivity index (χ0) is 13.7. The first kappa shape index (κ1) is 15.7. The highest BCUT2D eigenvalue weighted by Gasteiger charge is 2.09. The predicted molar refractivity (Wildman–Crippen MR) is 70.0 cm³/mol. The first-order chi connectivity index (χ1) is 9.20. The molecule has 0 aliphatic carbocycles. The van der Waals surface area contributed by atoms with E-state index in [9.17, 15) is 9.59 Å². The van der Waals surface area contributed by atoms with Crippen molar-refractivity contribution in [3.63, 3.8) is 0 Å². The van der Waals surface area contributed by atoms with Gasteiger partial charge in [0.2, 0.25) is 0 Å². The van der Waals surface area contributed by atoms with Crippen LogP contribution in [0.15, 0.2) is 48.8 Å². The Morgan fingerprint density at radius 3 is 2.55 bits per heavy atom. The van der Waals surface area contributed by atoms with Crippen LogP contribution in [0.1, 0.15) is 20.7 Å². The summed E-state index contributed by atoms with van der Waals surface area (Å²) in [5.74, 6) is -0.729. The minimum atomic E-state index is -0.447. The van der Waals surface area contributed by atoms with Crippen molar-refractivity contribution in [2.45, 2.75) is 0 Å². The topological polar surface area (TPSA) is 68.3 Å². The van der Waals surface area contributed by atoms with Gasteiger partial charge < -0.3 is 22.5 Å². The molecule has 6 heteroatoms. The second-order valence-electron chi connectivity index (χ2n) is 3.77. The third-order valence-corrected chi connectivity index (χ3v) is 2.47. The molecule has 104 valence electrons. The average molecular weight is 292 g/mol. The van der Waals surface area contributed by atoms with Crippen molar-refractivity contribution in [2.75, 3.05) is 12.4 Å². The number of pyridine rings is 1. The SMILES string of the molecule is COC(=O)c1cccc(NC(=O)c2cccnc2)c1.[Cl-]. The molecule has 20 heavy (non-hydrogen) atoms. The number of halogens is 1. The van der Waals surface area contributed by atoms with Gasteiger partial charge in [0.25, 0.3) is 5.91 Å². The van der Waals surface area contributed by atoms with Gasteiger partial charge in [0.05, 0.1) is 18.2 Å². The molecule has 1 aromatic carbocycles. The Morgan fingerprint density at radius 2 is 1.90 bits per heavy atom. The number of rotatable bonds is 3. The number of anilines is 1. The number of hydrogen-bond acceptors (Lipinski definition) is 4. The number of benzene rings is 1. The highest BCUT2D eigenvalue weighted by Crippen LogP contribution is 2.12. The molecule has 0 spiro atoms. The van der Waals surface area contributed by atoms with Crippen LogP contribution in [-0.4, -0.2) is 24.0 Å². The highest BCUT2D eigenvalue weighted by atomic mass is 35.5. The Kier molecular flexibility index (Phi) is 5.68. The van der Waals surface area contributed by atoms with Crippen LogP contribution < -0.4 is 17.7 Å². The summed E-state index contributed by atoms with van der Waals surface area (Å²) in [6.07, 6.45) is 3.06. The van der Waals surface area contributed by atoms with Crippen LogP contribution in [0.3, 0.4) is 0 Å². The third-order valence-electron chi connectivity index (χ3n) is 2.47. The Labute approximate surface area is 122 Å². The van der Waals surface area contributed by atoms with E-state index in [1.54, 1.807) is 42.6 Å². The lowest BCUT2D eigenvalue weighted by Crippen LogP contribution is -3.00. The van der Waals surface area contributed by atoms with Crippen LogP contribution >= 0.6 is 0 Å². The van der Waals surface area contributed by atoms with Crippen molar-refractivity contribution in [2.24, 2.45) is 0 Å². The monoisotopic (exact) mass is 291 g/mol. The van der Waals surface area contributed by atoms with Gasteiger partial charge in [-0.05, 0) is 30.3 Å². The molecule has 0 unspecified atom stereocenters. The Morgan fingerprint density at radius 1 is 1.15 bits per heavy atom. The molecule has 0 aliphatic heterocycles. The van der Waals surface area contributed by atoms with E-state index in [0.29, 0.717) is 16.8 Å². The van der Waals surface area contributed by atoms with Gasteiger partial charge in [0.1, 0.15) is 0 Å². The van der Waals surface area contributed by atoms with Crippen molar-refractivity contribution in [1.82, 2.24) is 4.98 Å². The van der Waals surface area contributed by atoms with E-state index in [4.69, 9.17) is 0 Å². The van der Waals surface area contributed by atoms with Crippen LogP contribution in [0.5, 0.6) is 0 Å². The molecule has 2 rings (SSSR count). The number of ether oxygens (including phenoxy) is 1. The average Bonchev–Trinajstić information content (AvgIpc) is 2.47. The number of methoxy groups -OCH3 is 1. The normalized spacial score (nSPS) is 9.25. The van der Waals surface area contributed by atoms with Crippen molar-refractivity contribution in [1.29, 1.82) is 0 Å². The van der Waals surface area contributed by atoms with E-state index < -0.39 is 5.97 Å². The summed E-state index contributed by atoms with van der Waals surface area (Å²) in [5, 5.41) is 2.69. The molecule has 5 nitrogen and oxygen atoms in total. The van der Waals surface area contributed by atoms with Gasteiger partial charge in [-0.25, -0.2) is 4.79 Å². The summed E-state index contributed by atoms with van der Waals surface area (Å²) >= 11 is 0. The van der Waals surface area contributed by atoms with Crippen molar-refractivity contribution < 1.29 is 26.7 Å². The highest BCUT2D eigenvalue weighted by molar-refractivity contribution is 6.04. The summed E-state index contributed by atoms with van der Waals surface area (Å²) in [6, 6.07) is 9.88. The van der Waals surface area contributed by atoms with E-state index in [0.717, 1.165) is 0 Å². The predicted octanol–water partition coefficient (Wildman–Crippen LogP) is -0.875. The maximum Gasteiger partial charge on any atom is 0.337 e. The van der Waals surface area contributed by atoms with E-state index in [1.165, 1.54) is 13.3 Å². The molecule has 0 fully saturated rings. The van der Waals surface area contributed by atoms with Crippen LogP contribution in [-0.2, 0) is 4.74 Å². The Balaban J connectivity index is 0.00000200. The third kappa shape index (κ3) is 3.80. The Bertz CT molecular complexity index is 602. The molecular formula is C14H12ClN2O3-. The number of carbonyl (C=O) groups is 2. The zero-order valence-corrected chi connectivity index (χ0v) is 11.4. The molecule has 0 saturated carbocycles. The van der Waals surface area contributed by atoms with E-state index in [2.05, 4.69) is 15.0 Å². The van der Waals surface area contributed by atoms with Gasteiger partial charge in [0, 0.05) is 18.1 Å². The first-order valence-corrected chi connectivity index (χ1v) is 5.60. The van der Waals surface area contributed by atoms with Gasteiger partial charge >= 0.3 is 5.97 Å². The minimum Gasteiger partial charge on any atom is -1.00 e. The maximum atomic E-state index is 11.9. The van der Waals surface area contributed by atoms with Gasteiger partial charge in [-0.2, -0.15) is 0 Å². The zero-order valence-electron chi connectivity index (χ0n) is 10.7. The number of nitrogens with zero attached hydrogens (tertiary/aromatic N) is 1. The number of esters is 1. The molecule has 0 bridgehead atoms. The number of nitrogens with one attached hydrogen (secondary N) is 1. The quantitative estimate of drug-likeness (QED) is 0.746. The summed E-state index contributed by atoms with van der Waals surface area (Å²) in [5.41, 5.74) is 1.36. The van der Waals surface area contributed by atoms with Crippen molar-refractivity contribution in [3.8, 4) is 0 Å². The number of carbonyl (C=O) groups excluding carboxylic acids is 2. The molecule has 0 radical (unpaired) electrons. The molecule has 0 saturated heterocycles. The van der Waals surface area contributed by atoms with Crippen molar-refractivity contribution in [3.05, 3.63) is 59.9 Å². The largest absolute Gasteiger partial charge is 1.00 e. The van der Waals surface area contributed by atoms with Gasteiger partial charge in [-0.3, -0.25) is 9.78 Å². The molecule has 1 heterocycles. The fourth-order valence-corrected chi connectivity index (χ4v) is 1.54. The number of aromatic nitrogens is 1. The number of amides is 1. The molecule has 0 atom stereocenters. The minimum absolute atomic E-state index is 0. The summed E-state index contributed by atoms with van der Waals surface area (Å²) in [6.45, 7) is 0. The van der Waals surface area contributed by atoms with Gasteiger partial charge in [-0.15, -0.1) is 0 Å². The van der Waals surface area contributed by atoms with E-state index in [-0.39, 0.29) is 18.3 Å². The smallest absolute Gasteiger partial charge is 0.337 e. The van der Waals surface area contributed by atoms with Gasteiger partial charge in [-0.1, -0.05) is 6.07 Å². The lowest BCUT2D eigenvalue weighted by Gasteiger charge is -2.06. The lowest BCUT2D eigenvalue weighted by atomic mass is 10.2. The summed E-state index contributed by atoms with van der Waals surface area (Å²) in [7, 11) is 1.31. The van der Waals surface area contributed by atoms with Crippen LogP contribution in [0.2, 0.25) is 0 Å².